The number of nitrogens with one attached hydrogen (secondary N) is 1. The highest BCUT2D eigenvalue weighted by molar-refractivity contribution is 5.93. The molecule has 0 spiro atoms. The molecule has 2 aromatic carbocycles. The third-order valence-electron chi connectivity index (χ3n) is 5.16. The zero-order valence-corrected chi connectivity index (χ0v) is 18.9. The van der Waals surface area contributed by atoms with Gasteiger partial charge in [0.1, 0.15) is 18.2 Å². The first-order chi connectivity index (χ1) is 16.5. The summed E-state index contributed by atoms with van der Waals surface area (Å²) in [6.07, 6.45) is 3.02. The molecule has 4 aromatic rings. The maximum atomic E-state index is 12.7. The number of aryl methyl sites for hydroxylation is 2. The lowest BCUT2D eigenvalue weighted by Crippen LogP contribution is -2.23. The van der Waals surface area contributed by atoms with E-state index in [1.807, 2.05) is 44.2 Å². The third-order valence-corrected chi connectivity index (χ3v) is 5.16. The summed E-state index contributed by atoms with van der Waals surface area (Å²) in [4.78, 5) is 17.5. The van der Waals surface area contributed by atoms with E-state index >= 15 is 0 Å². The van der Waals surface area contributed by atoms with E-state index in [-0.39, 0.29) is 18.0 Å². The normalized spacial score (nSPS) is 10.5. The lowest BCUT2D eigenvalue weighted by molar-refractivity contribution is -0.118. The van der Waals surface area contributed by atoms with Crippen molar-refractivity contribution in [2.75, 3.05) is 18.5 Å². The highest BCUT2D eigenvalue weighted by atomic mass is 16.5. The highest BCUT2D eigenvalue weighted by Gasteiger charge is 2.18. The average molecular weight is 454 g/mol. The third kappa shape index (κ3) is 4.59. The predicted octanol–water partition coefficient (Wildman–Crippen LogP) is 4.49. The van der Waals surface area contributed by atoms with E-state index in [0.29, 0.717) is 23.9 Å². The molecule has 0 radical (unpaired) electrons. The average Bonchev–Trinajstić information content (AvgIpc) is 3.24. The van der Waals surface area contributed by atoms with Crippen molar-refractivity contribution in [1.82, 2.24) is 14.8 Å². The van der Waals surface area contributed by atoms with Gasteiger partial charge < -0.3 is 14.8 Å². The monoisotopic (exact) mass is 453 g/mol. The van der Waals surface area contributed by atoms with E-state index in [0.717, 1.165) is 22.0 Å². The molecule has 34 heavy (non-hydrogen) atoms. The van der Waals surface area contributed by atoms with Crippen LogP contribution >= 0.6 is 0 Å². The molecule has 0 saturated carbocycles. The molecule has 2 aromatic heterocycles. The van der Waals surface area contributed by atoms with Crippen LogP contribution in [0.2, 0.25) is 0 Å². The van der Waals surface area contributed by atoms with Gasteiger partial charge in [-0.2, -0.15) is 15.0 Å². The molecule has 0 aliphatic rings. The van der Waals surface area contributed by atoms with Gasteiger partial charge in [-0.05, 0) is 43.2 Å². The number of aromatic nitrogens is 3. The lowest BCUT2D eigenvalue weighted by Gasteiger charge is -2.13. The van der Waals surface area contributed by atoms with Crippen LogP contribution in [0.4, 0.5) is 5.82 Å². The van der Waals surface area contributed by atoms with Gasteiger partial charge in [-0.25, -0.2) is 4.98 Å². The Morgan fingerprint density at radius 2 is 1.91 bits per heavy atom. The van der Waals surface area contributed by atoms with Crippen molar-refractivity contribution in [2.45, 2.75) is 13.8 Å². The van der Waals surface area contributed by atoms with Crippen molar-refractivity contribution in [2.24, 2.45) is 0 Å². The first-order valence-electron chi connectivity index (χ1n) is 10.6. The Bertz CT molecular complexity index is 1420. The Balaban J connectivity index is 1.59. The minimum absolute atomic E-state index is 0.215. The van der Waals surface area contributed by atoms with Crippen molar-refractivity contribution < 1.29 is 14.3 Å². The Morgan fingerprint density at radius 1 is 1.15 bits per heavy atom. The van der Waals surface area contributed by atoms with E-state index in [2.05, 4.69) is 23.1 Å². The largest absolute Gasteiger partial charge is 0.486 e. The van der Waals surface area contributed by atoms with Gasteiger partial charge in [0.2, 0.25) is 0 Å². The van der Waals surface area contributed by atoms with Crippen LogP contribution in [-0.2, 0) is 4.79 Å². The van der Waals surface area contributed by atoms with E-state index in [4.69, 9.17) is 14.5 Å². The van der Waals surface area contributed by atoms with Gasteiger partial charge in [0.05, 0.1) is 11.7 Å². The Morgan fingerprint density at radius 3 is 2.65 bits per heavy atom. The van der Waals surface area contributed by atoms with Crippen molar-refractivity contribution >= 4 is 22.6 Å². The number of pyridine rings is 1. The fraction of sp³-hybridized carbons (Fsp3) is 0.154. The van der Waals surface area contributed by atoms with Crippen LogP contribution in [-0.4, -0.2) is 33.9 Å². The minimum atomic E-state index is -0.453. The van der Waals surface area contributed by atoms with Gasteiger partial charge in [-0.15, -0.1) is 0 Å². The van der Waals surface area contributed by atoms with Crippen molar-refractivity contribution in [1.29, 1.82) is 5.26 Å². The van der Waals surface area contributed by atoms with Gasteiger partial charge >= 0.3 is 0 Å². The molecule has 0 unspecified atom stereocenters. The molecule has 0 atom stereocenters. The second-order valence-corrected chi connectivity index (χ2v) is 7.58. The topological polar surface area (TPSA) is 102 Å². The van der Waals surface area contributed by atoms with Gasteiger partial charge in [-0.1, -0.05) is 43.0 Å². The number of hydrogen-bond donors (Lipinski definition) is 1. The second-order valence-electron chi connectivity index (χ2n) is 7.58. The van der Waals surface area contributed by atoms with Crippen molar-refractivity contribution in [3.05, 3.63) is 84.1 Å². The number of hydrogen-bond acceptors (Lipinski definition) is 6. The number of fused-ring (bicyclic) bond motifs is 1. The molecule has 4 rings (SSSR count). The van der Waals surface area contributed by atoms with Crippen LogP contribution in [0, 0.1) is 25.2 Å². The number of carbonyl (C=O) groups excluding carboxylic acids is 1. The molecule has 170 valence electrons. The zero-order chi connectivity index (χ0) is 24.1. The summed E-state index contributed by atoms with van der Waals surface area (Å²) < 4.78 is 12.7. The number of anilines is 1. The number of rotatable bonds is 8. The van der Waals surface area contributed by atoms with Gasteiger partial charge in [0.15, 0.2) is 29.7 Å². The number of ether oxygens (including phenoxy) is 2. The molecule has 0 aliphatic heterocycles. The molecule has 0 fully saturated rings. The van der Waals surface area contributed by atoms with Crippen LogP contribution in [0.15, 0.2) is 67.4 Å². The van der Waals surface area contributed by atoms with Gasteiger partial charge in [-0.3, -0.25) is 4.79 Å². The molecule has 0 bridgehead atoms. The lowest BCUT2D eigenvalue weighted by atomic mass is 10.1. The van der Waals surface area contributed by atoms with Gasteiger partial charge in [0, 0.05) is 5.39 Å². The summed E-state index contributed by atoms with van der Waals surface area (Å²) >= 11 is 0. The molecular weight excluding hydrogens is 430 g/mol. The first kappa shape index (κ1) is 22.6. The van der Waals surface area contributed by atoms with Crippen LogP contribution in [0.25, 0.3) is 16.7 Å². The Labute approximate surface area is 197 Å². The predicted molar refractivity (Wildman–Crippen MR) is 129 cm³/mol. The maximum absolute atomic E-state index is 12.7. The number of benzene rings is 2. The number of para-hydroxylation sites is 3. The number of nitrogens with zero attached hydrogens (tertiary/aromatic N) is 4. The summed E-state index contributed by atoms with van der Waals surface area (Å²) in [7, 11) is 0. The molecule has 1 amide bonds. The molecule has 0 saturated heterocycles. The van der Waals surface area contributed by atoms with Crippen molar-refractivity contribution in [3.63, 3.8) is 0 Å². The standard InChI is InChI=1S/C26H23N5O3/c1-4-12-33-21-10-5-6-11-22(21)34-16-24(32)30-26-19(14-27)15-28-31(26)23-13-18(3)20-9-7-8-17(2)25(20)29-23/h4-11,13,15H,1,12,16H2,2-3H3,(H,30,32). The quantitative estimate of drug-likeness (QED) is 0.394. The highest BCUT2D eigenvalue weighted by Crippen LogP contribution is 2.27. The SMILES string of the molecule is C=CCOc1ccccc1OCC(=O)Nc1c(C#N)cnn1-c1cc(C)c2cccc(C)c2n1. The van der Waals surface area contributed by atoms with Crippen LogP contribution < -0.4 is 14.8 Å². The summed E-state index contributed by atoms with van der Waals surface area (Å²) in [5.41, 5.74) is 3.08. The van der Waals surface area contributed by atoms with Crippen LogP contribution in [0.1, 0.15) is 16.7 Å². The smallest absolute Gasteiger partial charge is 0.263 e. The van der Waals surface area contributed by atoms with E-state index in [9.17, 15) is 10.1 Å². The number of carbonyl (C=O) groups is 1. The van der Waals surface area contributed by atoms with Crippen LogP contribution in [0.5, 0.6) is 11.5 Å². The van der Waals surface area contributed by atoms with E-state index in [1.165, 1.54) is 10.9 Å². The fourth-order valence-electron chi connectivity index (χ4n) is 3.53. The molecule has 8 nitrogen and oxygen atoms in total. The maximum Gasteiger partial charge on any atom is 0.263 e. The number of amides is 1. The summed E-state index contributed by atoms with van der Waals surface area (Å²) in [5.74, 6) is 1.21. The second kappa shape index (κ2) is 9.88. The molecule has 2 heterocycles. The molecule has 1 N–H and O–H groups in total. The minimum Gasteiger partial charge on any atom is -0.486 e. The molecule has 8 heteroatoms. The Kier molecular flexibility index (Phi) is 6.55. The molecular formula is C26H23N5O3. The number of nitriles is 1. The molecule has 0 aliphatic carbocycles. The summed E-state index contributed by atoms with van der Waals surface area (Å²) in [6, 6.07) is 17.0. The summed E-state index contributed by atoms with van der Waals surface area (Å²) in [6.45, 7) is 7.63. The van der Waals surface area contributed by atoms with Gasteiger partial charge in [0.25, 0.3) is 5.91 Å². The van der Waals surface area contributed by atoms with E-state index in [1.54, 1.807) is 24.3 Å². The van der Waals surface area contributed by atoms with Crippen LogP contribution in [0.3, 0.4) is 0 Å². The summed E-state index contributed by atoms with van der Waals surface area (Å²) in [5, 5.41) is 17.6. The van der Waals surface area contributed by atoms with Crippen molar-refractivity contribution in [3.8, 4) is 23.4 Å². The van der Waals surface area contributed by atoms with E-state index < -0.39 is 5.91 Å². The Hall–Kier alpha value is -4.64. The fourth-order valence-corrected chi connectivity index (χ4v) is 3.53. The first-order valence-corrected chi connectivity index (χ1v) is 10.6. The zero-order valence-electron chi connectivity index (χ0n) is 18.9.